The SMILES string of the molecule is COc1ccc(CNC(=O)NC[C@@H]([C@H]2CCOC2)N2CCOCC2)cn1. The van der Waals surface area contributed by atoms with E-state index in [9.17, 15) is 4.79 Å². The fourth-order valence-electron chi connectivity index (χ4n) is 3.44. The van der Waals surface area contributed by atoms with Gasteiger partial charge in [-0.1, -0.05) is 6.07 Å². The van der Waals surface area contributed by atoms with Crippen LogP contribution in [0.1, 0.15) is 12.0 Å². The minimum atomic E-state index is -0.169. The summed E-state index contributed by atoms with van der Waals surface area (Å²) in [6, 6.07) is 3.79. The fraction of sp³-hybridized carbons (Fsp3) is 0.667. The van der Waals surface area contributed by atoms with E-state index in [1.807, 2.05) is 6.07 Å². The maximum absolute atomic E-state index is 12.2. The molecule has 0 bridgehead atoms. The molecule has 0 saturated carbocycles. The van der Waals surface area contributed by atoms with Crippen LogP contribution in [0.15, 0.2) is 18.3 Å². The molecular formula is C18H28N4O4. The van der Waals surface area contributed by atoms with E-state index >= 15 is 0 Å². The molecule has 3 heterocycles. The highest BCUT2D eigenvalue weighted by Gasteiger charge is 2.31. The number of morpholine rings is 1. The Labute approximate surface area is 154 Å². The maximum atomic E-state index is 12.2. The Bertz CT molecular complexity index is 557. The fourth-order valence-corrected chi connectivity index (χ4v) is 3.44. The van der Waals surface area contributed by atoms with Crippen molar-refractivity contribution in [1.29, 1.82) is 0 Å². The molecule has 2 aliphatic heterocycles. The molecule has 0 spiro atoms. The van der Waals surface area contributed by atoms with E-state index in [1.165, 1.54) is 0 Å². The number of aromatic nitrogens is 1. The number of amides is 2. The summed E-state index contributed by atoms with van der Waals surface area (Å²) in [5, 5.41) is 5.90. The van der Waals surface area contributed by atoms with Crippen LogP contribution in [0.25, 0.3) is 0 Å². The third-order valence-corrected chi connectivity index (χ3v) is 4.96. The molecule has 2 saturated heterocycles. The molecule has 8 nitrogen and oxygen atoms in total. The number of pyridine rings is 1. The van der Waals surface area contributed by atoms with Crippen LogP contribution >= 0.6 is 0 Å². The second-order valence-electron chi connectivity index (χ2n) is 6.61. The van der Waals surface area contributed by atoms with Crippen LogP contribution in [0.5, 0.6) is 5.88 Å². The molecule has 2 amide bonds. The molecule has 1 aromatic rings. The van der Waals surface area contributed by atoms with Gasteiger partial charge in [-0.2, -0.15) is 0 Å². The average Bonchev–Trinajstić information content (AvgIpc) is 3.22. The van der Waals surface area contributed by atoms with Gasteiger partial charge in [-0.05, 0) is 12.0 Å². The minimum absolute atomic E-state index is 0.169. The number of carbonyl (C=O) groups excluding carboxylic acids is 1. The van der Waals surface area contributed by atoms with Gasteiger partial charge in [-0.15, -0.1) is 0 Å². The van der Waals surface area contributed by atoms with E-state index in [2.05, 4.69) is 20.5 Å². The van der Waals surface area contributed by atoms with Crippen molar-refractivity contribution in [3.63, 3.8) is 0 Å². The zero-order valence-electron chi connectivity index (χ0n) is 15.3. The molecule has 1 aromatic heterocycles. The van der Waals surface area contributed by atoms with Crippen LogP contribution in [0.2, 0.25) is 0 Å². The van der Waals surface area contributed by atoms with Crippen LogP contribution in [0, 0.1) is 5.92 Å². The quantitative estimate of drug-likeness (QED) is 0.738. The van der Waals surface area contributed by atoms with E-state index in [-0.39, 0.29) is 12.1 Å². The van der Waals surface area contributed by atoms with Gasteiger partial charge in [0.1, 0.15) is 0 Å². The molecule has 0 unspecified atom stereocenters. The molecule has 0 radical (unpaired) electrons. The lowest BCUT2D eigenvalue weighted by molar-refractivity contribution is 0.00212. The van der Waals surface area contributed by atoms with Crippen molar-refractivity contribution in [3.05, 3.63) is 23.9 Å². The lowest BCUT2D eigenvalue weighted by atomic mass is 9.97. The van der Waals surface area contributed by atoms with Crippen LogP contribution in [0.4, 0.5) is 4.79 Å². The van der Waals surface area contributed by atoms with Gasteiger partial charge >= 0.3 is 6.03 Å². The topological polar surface area (TPSA) is 85.0 Å². The minimum Gasteiger partial charge on any atom is -0.481 e. The standard InChI is InChI=1S/C18H28N4O4/c1-24-17-3-2-14(10-19-17)11-20-18(23)21-12-16(15-4-7-26-13-15)22-5-8-25-9-6-22/h2-3,10,15-16H,4-9,11-13H2,1H3,(H2,20,21,23)/t15-,16-/m0/s1. The van der Waals surface area contributed by atoms with Crippen molar-refractivity contribution >= 4 is 6.03 Å². The normalized spacial score (nSPS) is 22.0. The molecule has 0 aromatic carbocycles. The Morgan fingerprint density at radius 3 is 2.81 bits per heavy atom. The number of ether oxygens (including phenoxy) is 3. The van der Waals surface area contributed by atoms with E-state index in [4.69, 9.17) is 14.2 Å². The van der Waals surface area contributed by atoms with Gasteiger partial charge in [0.15, 0.2) is 0 Å². The Kier molecular flexibility index (Phi) is 7.04. The van der Waals surface area contributed by atoms with Gasteiger partial charge in [0, 0.05) is 57.0 Å². The van der Waals surface area contributed by atoms with Crippen molar-refractivity contribution in [2.24, 2.45) is 5.92 Å². The lowest BCUT2D eigenvalue weighted by Gasteiger charge is -2.37. The Hall–Kier alpha value is -1.90. The van der Waals surface area contributed by atoms with Gasteiger partial charge in [0.05, 0.1) is 26.9 Å². The number of carbonyl (C=O) groups is 1. The van der Waals surface area contributed by atoms with Gasteiger partial charge < -0.3 is 24.8 Å². The number of nitrogens with zero attached hydrogens (tertiary/aromatic N) is 2. The number of hydrogen-bond acceptors (Lipinski definition) is 6. The van der Waals surface area contributed by atoms with Gasteiger partial charge in [0.2, 0.25) is 5.88 Å². The smallest absolute Gasteiger partial charge is 0.315 e. The summed E-state index contributed by atoms with van der Waals surface area (Å²) in [4.78, 5) is 18.7. The monoisotopic (exact) mass is 364 g/mol. The molecule has 26 heavy (non-hydrogen) atoms. The van der Waals surface area contributed by atoms with Gasteiger partial charge in [0.25, 0.3) is 0 Å². The Balaban J connectivity index is 1.46. The molecule has 2 N–H and O–H groups in total. The molecule has 2 fully saturated rings. The van der Waals surface area contributed by atoms with E-state index < -0.39 is 0 Å². The van der Waals surface area contributed by atoms with Crippen molar-refractivity contribution in [2.45, 2.75) is 19.0 Å². The summed E-state index contributed by atoms with van der Waals surface area (Å²) in [5.74, 6) is 1.02. The Morgan fingerprint density at radius 2 is 2.15 bits per heavy atom. The van der Waals surface area contributed by atoms with Crippen molar-refractivity contribution in [3.8, 4) is 5.88 Å². The molecule has 2 aliphatic rings. The highest BCUT2D eigenvalue weighted by Crippen LogP contribution is 2.21. The summed E-state index contributed by atoms with van der Waals surface area (Å²) < 4.78 is 16.0. The number of rotatable bonds is 7. The molecule has 144 valence electrons. The third-order valence-electron chi connectivity index (χ3n) is 4.96. The zero-order valence-corrected chi connectivity index (χ0v) is 15.3. The van der Waals surface area contributed by atoms with E-state index in [0.29, 0.717) is 24.9 Å². The van der Waals surface area contributed by atoms with Crippen LogP contribution in [-0.2, 0) is 16.0 Å². The molecule has 2 atom stereocenters. The van der Waals surface area contributed by atoms with Crippen molar-refractivity contribution in [2.75, 3.05) is 53.2 Å². The molecule has 8 heteroatoms. The van der Waals surface area contributed by atoms with Gasteiger partial charge in [-0.25, -0.2) is 9.78 Å². The van der Waals surface area contributed by atoms with E-state index in [0.717, 1.165) is 51.5 Å². The highest BCUT2D eigenvalue weighted by atomic mass is 16.5. The molecular weight excluding hydrogens is 336 g/mol. The molecule has 0 aliphatic carbocycles. The van der Waals surface area contributed by atoms with Crippen LogP contribution in [-0.4, -0.2) is 75.1 Å². The number of methoxy groups -OCH3 is 1. The zero-order chi connectivity index (χ0) is 18.2. The second kappa shape index (κ2) is 9.70. The predicted octanol–water partition coefficient (Wildman–Crippen LogP) is 0.627. The third kappa shape index (κ3) is 5.30. The summed E-state index contributed by atoms with van der Waals surface area (Å²) in [5.41, 5.74) is 0.926. The first-order chi connectivity index (χ1) is 12.8. The predicted molar refractivity (Wildman–Crippen MR) is 96.1 cm³/mol. The first-order valence-electron chi connectivity index (χ1n) is 9.16. The summed E-state index contributed by atoms with van der Waals surface area (Å²) in [6.45, 7) is 5.93. The van der Waals surface area contributed by atoms with Crippen LogP contribution in [0.3, 0.4) is 0 Å². The van der Waals surface area contributed by atoms with Crippen molar-refractivity contribution in [1.82, 2.24) is 20.5 Å². The summed E-state index contributed by atoms with van der Waals surface area (Å²) in [6.07, 6.45) is 2.74. The lowest BCUT2D eigenvalue weighted by Crippen LogP contribution is -2.53. The largest absolute Gasteiger partial charge is 0.481 e. The maximum Gasteiger partial charge on any atom is 0.315 e. The first-order valence-corrected chi connectivity index (χ1v) is 9.16. The van der Waals surface area contributed by atoms with Crippen LogP contribution < -0.4 is 15.4 Å². The van der Waals surface area contributed by atoms with E-state index in [1.54, 1.807) is 19.4 Å². The average molecular weight is 364 g/mol. The number of nitrogens with one attached hydrogen (secondary N) is 2. The molecule has 3 rings (SSSR count). The summed E-state index contributed by atoms with van der Waals surface area (Å²) >= 11 is 0. The van der Waals surface area contributed by atoms with Gasteiger partial charge in [-0.3, -0.25) is 4.90 Å². The summed E-state index contributed by atoms with van der Waals surface area (Å²) in [7, 11) is 1.58. The van der Waals surface area contributed by atoms with Crippen molar-refractivity contribution < 1.29 is 19.0 Å². The highest BCUT2D eigenvalue weighted by molar-refractivity contribution is 5.73. The number of urea groups is 1. The second-order valence-corrected chi connectivity index (χ2v) is 6.61. The Morgan fingerprint density at radius 1 is 1.31 bits per heavy atom. The first kappa shape index (κ1) is 18.9. The number of hydrogen-bond donors (Lipinski definition) is 2.